The van der Waals surface area contributed by atoms with Crippen LogP contribution >= 0.6 is 0 Å². The summed E-state index contributed by atoms with van der Waals surface area (Å²) in [5.74, 6) is 0.756. The monoisotopic (exact) mass is 228 g/mol. The van der Waals surface area contributed by atoms with Crippen LogP contribution in [0.5, 0.6) is 0 Å². The summed E-state index contributed by atoms with van der Waals surface area (Å²) in [5.41, 5.74) is 3.13. The van der Waals surface area contributed by atoms with Gasteiger partial charge in [0.25, 0.3) is 0 Å². The molecular weight excluding hydrogens is 212 g/mol. The van der Waals surface area contributed by atoms with E-state index in [9.17, 15) is 0 Å². The molecule has 17 heavy (non-hydrogen) atoms. The molecule has 0 unspecified atom stereocenters. The molecular formula is C13H16N4. The molecule has 0 aromatic carbocycles. The van der Waals surface area contributed by atoms with E-state index >= 15 is 0 Å². The Bertz CT molecular complexity index is 476. The Kier molecular flexibility index (Phi) is 3.32. The molecule has 4 heteroatoms. The van der Waals surface area contributed by atoms with Crippen LogP contribution in [0.4, 0.5) is 5.95 Å². The van der Waals surface area contributed by atoms with E-state index in [4.69, 9.17) is 0 Å². The Morgan fingerprint density at radius 2 is 1.88 bits per heavy atom. The molecule has 0 fully saturated rings. The molecule has 0 aliphatic heterocycles. The van der Waals surface area contributed by atoms with Gasteiger partial charge in [-0.05, 0) is 31.5 Å². The molecule has 0 spiro atoms. The summed E-state index contributed by atoms with van der Waals surface area (Å²) >= 11 is 0. The van der Waals surface area contributed by atoms with Gasteiger partial charge in [-0.3, -0.25) is 4.98 Å². The molecule has 0 saturated carbocycles. The Balaban J connectivity index is 2.17. The van der Waals surface area contributed by atoms with E-state index in [1.54, 1.807) is 6.20 Å². The largest absolute Gasteiger partial charge is 0.339 e. The van der Waals surface area contributed by atoms with Crippen molar-refractivity contribution >= 4 is 5.95 Å². The van der Waals surface area contributed by atoms with Crippen molar-refractivity contribution in [2.45, 2.75) is 20.4 Å². The number of rotatable bonds is 3. The Morgan fingerprint density at radius 1 is 1.18 bits per heavy atom. The Labute approximate surface area is 101 Å². The predicted molar refractivity (Wildman–Crippen MR) is 67.9 cm³/mol. The van der Waals surface area contributed by atoms with Crippen molar-refractivity contribution < 1.29 is 0 Å². The van der Waals surface area contributed by atoms with Gasteiger partial charge in [-0.15, -0.1) is 0 Å². The highest BCUT2D eigenvalue weighted by Crippen LogP contribution is 2.11. The molecule has 0 saturated heterocycles. The first-order valence-electron chi connectivity index (χ1n) is 5.57. The molecule has 4 nitrogen and oxygen atoms in total. The van der Waals surface area contributed by atoms with Crippen molar-refractivity contribution in [3.05, 3.63) is 47.5 Å². The first-order valence-corrected chi connectivity index (χ1v) is 5.57. The number of pyridine rings is 1. The molecule has 2 rings (SSSR count). The molecule has 0 radical (unpaired) electrons. The number of hydrogen-bond donors (Lipinski definition) is 0. The fourth-order valence-corrected chi connectivity index (χ4v) is 1.71. The standard InChI is InChI=1S/C13H16N4/c1-10-7-11(2)16-13(15-10)17(3)9-12-5-4-6-14-8-12/h4-8H,9H2,1-3H3. The summed E-state index contributed by atoms with van der Waals surface area (Å²) in [6.45, 7) is 4.73. The lowest BCUT2D eigenvalue weighted by atomic mass is 10.3. The van der Waals surface area contributed by atoms with Gasteiger partial charge in [-0.25, -0.2) is 9.97 Å². The van der Waals surface area contributed by atoms with E-state index in [0.717, 1.165) is 29.4 Å². The Hall–Kier alpha value is -1.97. The molecule has 0 atom stereocenters. The maximum Gasteiger partial charge on any atom is 0.225 e. The van der Waals surface area contributed by atoms with Gasteiger partial charge in [-0.1, -0.05) is 6.07 Å². The summed E-state index contributed by atoms with van der Waals surface area (Å²) in [7, 11) is 1.99. The van der Waals surface area contributed by atoms with Gasteiger partial charge in [0.2, 0.25) is 5.95 Å². The highest BCUT2D eigenvalue weighted by molar-refractivity contribution is 5.32. The van der Waals surface area contributed by atoms with Crippen molar-refractivity contribution in [1.82, 2.24) is 15.0 Å². The van der Waals surface area contributed by atoms with Gasteiger partial charge in [0.05, 0.1) is 0 Å². The maximum atomic E-state index is 4.42. The third kappa shape index (κ3) is 3.00. The van der Waals surface area contributed by atoms with E-state index in [1.807, 2.05) is 50.2 Å². The lowest BCUT2D eigenvalue weighted by Crippen LogP contribution is -2.19. The minimum absolute atomic E-state index is 0.756. The zero-order chi connectivity index (χ0) is 12.3. The average Bonchev–Trinajstić information content (AvgIpc) is 2.29. The topological polar surface area (TPSA) is 41.9 Å². The number of anilines is 1. The number of nitrogens with zero attached hydrogens (tertiary/aromatic N) is 4. The van der Waals surface area contributed by atoms with E-state index in [2.05, 4.69) is 15.0 Å². The minimum atomic E-state index is 0.756. The molecule has 0 amide bonds. The van der Waals surface area contributed by atoms with Crippen LogP contribution in [0.25, 0.3) is 0 Å². The van der Waals surface area contributed by atoms with E-state index in [1.165, 1.54) is 0 Å². The van der Waals surface area contributed by atoms with Gasteiger partial charge in [-0.2, -0.15) is 0 Å². The lowest BCUT2D eigenvalue weighted by Gasteiger charge is -2.17. The van der Waals surface area contributed by atoms with E-state index in [-0.39, 0.29) is 0 Å². The normalized spacial score (nSPS) is 10.3. The van der Waals surface area contributed by atoms with Gasteiger partial charge in [0.1, 0.15) is 0 Å². The number of aryl methyl sites for hydroxylation is 2. The van der Waals surface area contributed by atoms with Crippen molar-refractivity contribution in [1.29, 1.82) is 0 Å². The highest BCUT2D eigenvalue weighted by atomic mass is 15.2. The third-order valence-electron chi connectivity index (χ3n) is 2.45. The third-order valence-corrected chi connectivity index (χ3v) is 2.45. The number of aromatic nitrogens is 3. The molecule has 0 bridgehead atoms. The summed E-state index contributed by atoms with van der Waals surface area (Å²) in [5, 5.41) is 0. The van der Waals surface area contributed by atoms with Crippen molar-refractivity contribution in [2.24, 2.45) is 0 Å². The number of hydrogen-bond acceptors (Lipinski definition) is 4. The molecule has 2 aromatic heterocycles. The lowest BCUT2D eigenvalue weighted by molar-refractivity contribution is 0.848. The van der Waals surface area contributed by atoms with Crippen LogP contribution < -0.4 is 4.90 Å². The molecule has 2 aromatic rings. The SMILES string of the molecule is Cc1cc(C)nc(N(C)Cc2cccnc2)n1. The zero-order valence-corrected chi connectivity index (χ0v) is 10.4. The quantitative estimate of drug-likeness (QED) is 0.807. The van der Waals surface area contributed by atoms with Crippen LogP contribution in [0.15, 0.2) is 30.6 Å². The predicted octanol–water partition coefficient (Wildman–Crippen LogP) is 2.12. The second-order valence-corrected chi connectivity index (χ2v) is 4.17. The molecule has 2 heterocycles. The van der Waals surface area contributed by atoms with Crippen LogP contribution in [-0.2, 0) is 6.54 Å². The molecule has 88 valence electrons. The van der Waals surface area contributed by atoms with E-state index in [0.29, 0.717) is 0 Å². The second-order valence-electron chi connectivity index (χ2n) is 4.17. The van der Waals surface area contributed by atoms with Gasteiger partial charge >= 0.3 is 0 Å². The fraction of sp³-hybridized carbons (Fsp3) is 0.308. The minimum Gasteiger partial charge on any atom is -0.339 e. The summed E-state index contributed by atoms with van der Waals surface area (Å²) in [6.07, 6.45) is 3.63. The smallest absolute Gasteiger partial charge is 0.225 e. The first-order chi connectivity index (χ1) is 8.15. The van der Waals surface area contributed by atoms with Crippen LogP contribution in [-0.4, -0.2) is 22.0 Å². The fourth-order valence-electron chi connectivity index (χ4n) is 1.71. The van der Waals surface area contributed by atoms with Gasteiger partial charge < -0.3 is 4.90 Å². The van der Waals surface area contributed by atoms with Crippen LogP contribution in [0, 0.1) is 13.8 Å². The van der Waals surface area contributed by atoms with E-state index < -0.39 is 0 Å². The highest BCUT2D eigenvalue weighted by Gasteiger charge is 2.06. The maximum absolute atomic E-state index is 4.42. The molecule has 0 aliphatic rings. The van der Waals surface area contributed by atoms with Crippen molar-refractivity contribution in [3.8, 4) is 0 Å². The van der Waals surface area contributed by atoms with Crippen LogP contribution in [0.2, 0.25) is 0 Å². The van der Waals surface area contributed by atoms with Crippen molar-refractivity contribution in [2.75, 3.05) is 11.9 Å². The van der Waals surface area contributed by atoms with Gasteiger partial charge in [0, 0.05) is 37.4 Å². The van der Waals surface area contributed by atoms with Crippen LogP contribution in [0.3, 0.4) is 0 Å². The summed E-state index contributed by atoms with van der Waals surface area (Å²) < 4.78 is 0. The summed E-state index contributed by atoms with van der Waals surface area (Å²) in [6, 6.07) is 5.96. The molecule has 0 N–H and O–H groups in total. The zero-order valence-electron chi connectivity index (χ0n) is 10.4. The Morgan fingerprint density at radius 3 is 2.47 bits per heavy atom. The summed E-state index contributed by atoms with van der Waals surface area (Å²) in [4.78, 5) is 15.0. The van der Waals surface area contributed by atoms with Gasteiger partial charge in [0.15, 0.2) is 0 Å². The average molecular weight is 228 g/mol. The second kappa shape index (κ2) is 4.91. The molecule has 0 aliphatic carbocycles. The van der Waals surface area contributed by atoms with Crippen LogP contribution in [0.1, 0.15) is 17.0 Å². The van der Waals surface area contributed by atoms with Crippen molar-refractivity contribution in [3.63, 3.8) is 0 Å². The first kappa shape index (κ1) is 11.5.